The molecule has 0 saturated carbocycles. The molecule has 15 heavy (non-hydrogen) atoms. The molecule has 0 heterocycles. The summed E-state index contributed by atoms with van der Waals surface area (Å²) in [6.45, 7) is 0. The molecule has 0 spiro atoms. The second-order valence-electron chi connectivity index (χ2n) is 2.42. The smallest absolute Gasteiger partial charge is 0.404 e. The molecule has 0 saturated heterocycles. The fourth-order valence-corrected chi connectivity index (χ4v) is 1.67. The van der Waals surface area contributed by atoms with Crippen LogP contribution in [0.4, 0.5) is 13.2 Å². The van der Waals surface area contributed by atoms with E-state index in [1.807, 2.05) is 0 Å². The van der Waals surface area contributed by atoms with Gasteiger partial charge >= 0.3 is 6.36 Å². The minimum Gasteiger partial charge on any atom is -0.404 e. The van der Waals surface area contributed by atoms with Crippen LogP contribution in [0, 0.1) is 0 Å². The zero-order valence-corrected chi connectivity index (χ0v) is 9.40. The maximum Gasteiger partial charge on any atom is 0.573 e. The summed E-state index contributed by atoms with van der Waals surface area (Å²) in [5.74, 6) is -0.743. The summed E-state index contributed by atoms with van der Waals surface area (Å²) in [5.41, 5.74) is 0. The van der Waals surface area contributed by atoms with Crippen LogP contribution in [0.2, 0.25) is 0 Å². The summed E-state index contributed by atoms with van der Waals surface area (Å²) < 4.78 is 60.7. The third-order valence-corrected chi connectivity index (χ3v) is 2.60. The van der Waals surface area contributed by atoms with Gasteiger partial charge in [-0.3, -0.25) is 0 Å². The van der Waals surface area contributed by atoms with Gasteiger partial charge < -0.3 is 4.74 Å². The third kappa shape index (κ3) is 3.71. The first-order valence-electron chi connectivity index (χ1n) is 3.49. The highest BCUT2D eigenvalue weighted by molar-refractivity contribution is 9.10. The molecule has 0 bridgehead atoms. The molecule has 0 amide bonds. The van der Waals surface area contributed by atoms with Crippen molar-refractivity contribution in [3.8, 4) is 5.75 Å². The Morgan fingerprint density at radius 2 is 1.87 bits per heavy atom. The predicted molar refractivity (Wildman–Crippen MR) is 49.4 cm³/mol. The van der Waals surface area contributed by atoms with Gasteiger partial charge in [0, 0.05) is 4.47 Å². The first kappa shape index (κ1) is 12.3. The summed E-state index contributed by atoms with van der Waals surface area (Å²) in [4.78, 5) is -0.509. The van der Waals surface area contributed by atoms with E-state index in [0.717, 1.165) is 12.1 Å². The van der Waals surface area contributed by atoms with Gasteiger partial charge in [-0.1, -0.05) is 15.9 Å². The molecule has 0 radical (unpaired) electrons. The highest BCUT2D eigenvalue weighted by Gasteiger charge is 2.32. The molecular weight excluding hydrogens is 301 g/mol. The maximum atomic E-state index is 11.9. The Morgan fingerprint density at radius 3 is 2.33 bits per heavy atom. The lowest BCUT2D eigenvalue weighted by molar-refractivity contribution is -0.275. The first-order chi connectivity index (χ1) is 6.79. The summed E-state index contributed by atoms with van der Waals surface area (Å²) >= 11 is 2.91. The molecule has 1 rings (SSSR count). The second kappa shape index (κ2) is 4.40. The number of rotatable bonds is 2. The lowest BCUT2D eigenvalue weighted by atomic mass is 10.3. The van der Waals surface area contributed by atoms with Crippen molar-refractivity contribution in [2.24, 2.45) is 0 Å². The molecule has 0 aliphatic carbocycles. The van der Waals surface area contributed by atoms with Gasteiger partial charge in [-0.2, -0.15) is 0 Å². The van der Waals surface area contributed by atoms with E-state index < -0.39 is 27.7 Å². The number of hydrogen-bond donors (Lipinski definition) is 1. The monoisotopic (exact) mass is 304 g/mol. The van der Waals surface area contributed by atoms with E-state index >= 15 is 0 Å². The topological polar surface area (TPSA) is 43.4 Å². The van der Waals surface area contributed by atoms with Crippen molar-refractivity contribution in [2.45, 2.75) is 11.3 Å². The van der Waals surface area contributed by atoms with Crippen molar-refractivity contribution in [2.75, 3.05) is 0 Å². The van der Waals surface area contributed by atoms with E-state index in [1.165, 1.54) is 6.07 Å². The number of alkyl halides is 3. The number of benzene rings is 1. The van der Waals surface area contributed by atoms with Crippen LogP contribution in [0.3, 0.4) is 0 Å². The van der Waals surface area contributed by atoms with Gasteiger partial charge in [-0.25, -0.2) is 8.42 Å². The molecule has 84 valence electrons. The van der Waals surface area contributed by atoms with Gasteiger partial charge in [0.25, 0.3) is 0 Å². The molecule has 0 N–H and O–H groups in total. The molecule has 0 unspecified atom stereocenters. The van der Waals surface area contributed by atoms with Gasteiger partial charge in [0.15, 0.2) is 10.7 Å². The van der Waals surface area contributed by atoms with E-state index in [2.05, 4.69) is 20.7 Å². The molecule has 0 aliphatic rings. The number of hydrogen-bond acceptors (Lipinski definition) is 3. The highest BCUT2D eigenvalue weighted by Crippen LogP contribution is 2.29. The maximum absolute atomic E-state index is 11.9. The molecule has 1 aromatic rings. The number of ether oxygens (including phenoxy) is 1. The fourth-order valence-electron chi connectivity index (χ4n) is 0.845. The Bertz CT molecular complexity index is 434. The van der Waals surface area contributed by atoms with Crippen LogP contribution in [0.15, 0.2) is 27.6 Å². The normalized spacial score (nSPS) is 11.8. The summed E-state index contributed by atoms with van der Waals surface area (Å²) in [6, 6.07) is 3.27. The average molecular weight is 305 g/mol. The lowest BCUT2D eigenvalue weighted by Crippen LogP contribution is -2.18. The largest absolute Gasteiger partial charge is 0.573 e. The second-order valence-corrected chi connectivity index (χ2v) is 4.33. The van der Waals surface area contributed by atoms with E-state index in [0.29, 0.717) is 4.47 Å². The van der Waals surface area contributed by atoms with Gasteiger partial charge in [-0.05, 0) is 18.2 Å². The standard InChI is InChI=1S/C7H4BrF3O3S/c8-4-1-2-6(15(12)13)5(3-4)14-7(9,10)11/h1-3,15H. The van der Waals surface area contributed by atoms with E-state index in [-0.39, 0.29) is 0 Å². The Hall–Kier alpha value is -0.760. The first-order valence-corrected chi connectivity index (χ1v) is 5.46. The Kier molecular flexibility index (Phi) is 3.61. The lowest BCUT2D eigenvalue weighted by Gasteiger charge is -2.10. The van der Waals surface area contributed by atoms with Crippen molar-refractivity contribution in [1.29, 1.82) is 0 Å². The Balaban J connectivity index is 3.19. The van der Waals surface area contributed by atoms with Crippen molar-refractivity contribution < 1.29 is 26.3 Å². The Morgan fingerprint density at radius 1 is 1.27 bits per heavy atom. The van der Waals surface area contributed by atoms with Crippen LogP contribution >= 0.6 is 15.9 Å². The van der Waals surface area contributed by atoms with Crippen LogP contribution < -0.4 is 4.74 Å². The molecule has 0 aromatic heterocycles. The molecular formula is C7H4BrF3O3S. The average Bonchev–Trinajstić information content (AvgIpc) is 1.99. The van der Waals surface area contributed by atoms with Crippen molar-refractivity contribution >= 4 is 26.6 Å². The zero-order valence-electron chi connectivity index (χ0n) is 6.92. The third-order valence-electron chi connectivity index (χ3n) is 1.34. The van der Waals surface area contributed by atoms with Crippen LogP contribution in [0.5, 0.6) is 5.75 Å². The molecule has 0 fully saturated rings. The summed E-state index contributed by atoms with van der Waals surface area (Å²) in [6.07, 6.45) is -4.92. The van der Waals surface area contributed by atoms with Gasteiger partial charge in [-0.15, -0.1) is 13.2 Å². The Labute approximate surface area is 92.9 Å². The SMILES string of the molecule is O=[SH](=O)c1ccc(Br)cc1OC(F)(F)F. The molecule has 8 heteroatoms. The molecule has 1 aromatic carbocycles. The molecule has 0 atom stereocenters. The summed E-state index contributed by atoms with van der Waals surface area (Å²) in [7, 11) is -3.13. The van der Waals surface area contributed by atoms with Crippen LogP contribution in [-0.2, 0) is 10.7 Å². The van der Waals surface area contributed by atoms with E-state index in [4.69, 9.17) is 0 Å². The number of halogens is 4. The van der Waals surface area contributed by atoms with Crippen molar-refractivity contribution in [3.63, 3.8) is 0 Å². The van der Waals surface area contributed by atoms with Gasteiger partial charge in [0.1, 0.15) is 10.6 Å². The predicted octanol–water partition coefficient (Wildman–Crippen LogP) is 2.32. The van der Waals surface area contributed by atoms with Crippen molar-refractivity contribution in [3.05, 3.63) is 22.7 Å². The molecule has 3 nitrogen and oxygen atoms in total. The van der Waals surface area contributed by atoms with Crippen molar-refractivity contribution in [1.82, 2.24) is 0 Å². The molecule has 0 aliphatic heterocycles. The van der Waals surface area contributed by atoms with Crippen LogP contribution in [0.25, 0.3) is 0 Å². The quantitative estimate of drug-likeness (QED) is 0.853. The highest BCUT2D eigenvalue weighted by atomic mass is 79.9. The van der Waals surface area contributed by atoms with E-state index in [9.17, 15) is 21.6 Å². The number of thiol groups is 1. The summed E-state index contributed by atoms with van der Waals surface area (Å²) in [5, 5.41) is 0. The minimum absolute atomic E-state index is 0.294. The minimum atomic E-state index is -4.92. The zero-order chi connectivity index (χ0) is 11.6. The van der Waals surface area contributed by atoms with Gasteiger partial charge in [0.2, 0.25) is 0 Å². The van der Waals surface area contributed by atoms with E-state index in [1.54, 1.807) is 0 Å². The van der Waals surface area contributed by atoms with Crippen LogP contribution in [-0.4, -0.2) is 14.8 Å². The fraction of sp³-hybridized carbons (Fsp3) is 0.143. The van der Waals surface area contributed by atoms with Gasteiger partial charge in [0.05, 0.1) is 0 Å². The van der Waals surface area contributed by atoms with Crippen LogP contribution in [0.1, 0.15) is 0 Å².